The Balaban J connectivity index is 2.08. The van der Waals surface area contributed by atoms with E-state index in [0.717, 1.165) is 64.9 Å². The average molecular weight is 422 g/mol. The Morgan fingerprint density at radius 3 is 2.32 bits per heavy atom. The van der Waals surface area contributed by atoms with Gasteiger partial charge in [-0.05, 0) is 37.5 Å². The van der Waals surface area contributed by atoms with Gasteiger partial charge in [0.2, 0.25) is 5.91 Å². The fraction of sp³-hybridized carbons (Fsp3) is 0.346. The van der Waals surface area contributed by atoms with Gasteiger partial charge in [-0.3, -0.25) is 4.79 Å². The van der Waals surface area contributed by atoms with Crippen LogP contribution in [0.2, 0.25) is 0 Å². The molecule has 1 heterocycles. The summed E-state index contributed by atoms with van der Waals surface area (Å²) in [4.78, 5) is 14.8. The summed E-state index contributed by atoms with van der Waals surface area (Å²) in [5, 5.41) is 0.944. The topological polar surface area (TPSA) is 51.9 Å². The minimum absolute atomic E-state index is 0.0282. The second-order valence-electron chi connectivity index (χ2n) is 7.55. The highest BCUT2D eigenvalue weighted by molar-refractivity contribution is 6.01. The minimum atomic E-state index is 0.0282. The molecule has 164 valence electrons. The van der Waals surface area contributed by atoms with E-state index < -0.39 is 0 Å². The molecule has 0 radical (unpaired) electrons. The summed E-state index contributed by atoms with van der Waals surface area (Å²) in [6, 6.07) is 11.8. The lowest BCUT2D eigenvalue weighted by Gasteiger charge is -2.20. The number of nitrogens with zero attached hydrogens (tertiary/aromatic N) is 1. The standard InChI is InChI=1S/C26H31NO4/c1-6-12-27(13-7-2)26(28)14-18(3)20-15-21-22(17-31-25(21)16-24(20)30-5)19-10-8-9-11-23(19)29-4/h8-11,14-17H,6-7,12-13H2,1-5H3/b18-14+. The van der Waals surface area contributed by atoms with Gasteiger partial charge in [-0.15, -0.1) is 0 Å². The second kappa shape index (κ2) is 10.2. The van der Waals surface area contributed by atoms with E-state index in [1.54, 1.807) is 26.6 Å². The van der Waals surface area contributed by atoms with Gasteiger partial charge in [0, 0.05) is 47.3 Å². The maximum absolute atomic E-state index is 12.9. The van der Waals surface area contributed by atoms with Crippen molar-refractivity contribution in [2.75, 3.05) is 27.3 Å². The molecule has 0 aliphatic rings. The third-order valence-electron chi connectivity index (χ3n) is 5.36. The van der Waals surface area contributed by atoms with E-state index in [0.29, 0.717) is 5.75 Å². The number of methoxy groups -OCH3 is 2. The van der Waals surface area contributed by atoms with Gasteiger partial charge in [-0.2, -0.15) is 0 Å². The highest BCUT2D eigenvalue weighted by Gasteiger charge is 2.17. The van der Waals surface area contributed by atoms with Gasteiger partial charge in [-0.25, -0.2) is 0 Å². The van der Waals surface area contributed by atoms with E-state index in [-0.39, 0.29) is 5.91 Å². The number of allylic oxidation sites excluding steroid dienone is 1. The van der Waals surface area contributed by atoms with Crippen molar-refractivity contribution < 1.29 is 18.7 Å². The highest BCUT2D eigenvalue weighted by atomic mass is 16.5. The van der Waals surface area contributed by atoms with E-state index >= 15 is 0 Å². The van der Waals surface area contributed by atoms with Gasteiger partial charge >= 0.3 is 0 Å². The molecule has 5 heteroatoms. The molecule has 0 N–H and O–H groups in total. The predicted molar refractivity (Wildman–Crippen MR) is 126 cm³/mol. The maximum atomic E-state index is 12.9. The zero-order chi connectivity index (χ0) is 22.4. The molecule has 31 heavy (non-hydrogen) atoms. The molecular formula is C26H31NO4. The molecular weight excluding hydrogens is 390 g/mol. The number of amides is 1. The first-order valence-corrected chi connectivity index (χ1v) is 10.7. The van der Waals surface area contributed by atoms with Crippen molar-refractivity contribution in [2.24, 2.45) is 0 Å². The first kappa shape index (κ1) is 22.5. The Bertz CT molecular complexity index is 1070. The summed E-state index contributed by atoms with van der Waals surface area (Å²) in [6.07, 6.45) is 5.31. The molecule has 0 bridgehead atoms. The SMILES string of the molecule is CCCN(CCC)C(=O)/C=C(\C)c1cc2c(-c3ccccc3OC)coc2cc1OC. The molecule has 1 aromatic heterocycles. The lowest BCUT2D eigenvalue weighted by Crippen LogP contribution is -2.31. The molecule has 0 atom stereocenters. The Morgan fingerprint density at radius 1 is 1.00 bits per heavy atom. The van der Waals surface area contributed by atoms with Gasteiger partial charge in [-0.1, -0.05) is 32.0 Å². The number of fused-ring (bicyclic) bond motifs is 1. The summed E-state index contributed by atoms with van der Waals surface area (Å²) in [6.45, 7) is 7.63. The van der Waals surface area contributed by atoms with Gasteiger partial charge in [0.1, 0.15) is 17.1 Å². The van der Waals surface area contributed by atoms with Crippen molar-refractivity contribution in [3.8, 4) is 22.6 Å². The number of hydrogen-bond donors (Lipinski definition) is 0. The van der Waals surface area contributed by atoms with Crippen molar-refractivity contribution >= 4 is 22.4 Å². The molecule has 0 aliphatic carbocycles. The summed E-state index contributed by atoms with van der Waals surface area (Å²) in [5.41, 5.74) is 4.34. The summed E-state index contributed by atoms with van der Waals surface area (Å²) in [5.74, 6) is 1.48. The van der Waals surface area contributed by atoms with Crippen LogP contribution in [-0.4, -0.2) is 38.1 Å². The van der Waals surface area contributed by atoms with E-state index in [4.69, 9.17) is 13.9 Å². The lowest BCUT2D eigenvalue weighted by molar-refractivity contribution is -0.126. The van der Waals surface area contributed by atoms with Crippen LogP contribution in [0, 0.1) is 0 Å². The van der Waals surface area contributed by atoms with Crippen LogP contribution in [0.25, 0.3) is 27.7 Å². The zero-order valence-corrected chi connectivity index (χ0v) is 19.0. The van der Waals surface area contributed by atoms with Gasteiger partial charge in [0.15, 0.2) is 0 Å². The minimum Gasteiger partial charge on any atom is -0.496 e. The highest BCUT2D eigenvalue weighted by Crippen LogP contribution is 2.40. The van der Waals surface area contributed by atoms with Crippen LogP contribution >= 0.6 is 0 Å². The molecule has 0 aliphatic heterocycles. The molecule has 0 fully saturated rings. The fourth-order valence-electron chi connectivity index (χ4n) is 3.83. The first-order chi connectivity index (χ1) is 15.0. The molecule has 0 saturated carbocycles. The predicted octanol–water partition coefficient (Wildman–Crippen LogP) is 6.17. The van der Waals surface area contributed by atoms with Crippen molar-refractivity contribution in [2.45, 2.75) is 33.6 Å². The van der Waals surface area contributed by atoms with Gasteiger partial charge in [0.05, 0.1) is 20.5 Å². The third kappa shape index (κ3) is 4.76. The molecule has 0 unspecified atom stereocenters. The van der Waals surface area contributed by atoms with Crippen LogP contribution < -0.4 is 9.47 Å². The molecule has 0 spiro atoms. The summed E-state index contributed by atoms with van der Waals surface area (Å²) < 4.78 is 17.0. The number of para-hydroxylation sites is 1. The zero-order valence-electron chi connectivity index (χ0n) is 19.0. The quantitative estimate of drug-likeness (QED) is 0.388. The van der Waals surface area contributed by atoms with E-state index in [9.17, 15) is 4.79 Å². The number of rotatable bonds is 9. The van der Waals surface area contributed by atoms with Gasteiger partial charge in [0.25, 0.3) is 0 Å². The molecule has 0 saturated heterocycles. The number of carbonyl (C=O) groups excluding carboxylic acids is 1. The monoisotopic (exact) mass is 421 g/mol. The largest absolute Gasteiger partial charge is 0.496 e. The smallest absolute Gasteiger partial charge is 0.246 e. The van der Waals surface area contributed by atoms with Crippen molar-refractivity contribution in [3.05, 3.63) is 54.3 Å². The van der Waals surface area contributed by atoms with Crippen LogP contribution in [-0.2, 0) is 4.79 Å². The molecule has 3 aromatic rings. The summed E-state index contributed by atoms with van der Waals surface area (Å²) in [7, 11) is 3.29. The fourth-order valence-corrected chi connectivity index (χ4v) is 3.83. The van der Waals surface area contributed by atoms with Crippen LogP contribution in [0.3, 0.4) is 0 Å². The lowest BCUT2D eigenvalue weighted by atomic mass is 9.98. The molecule has 5 nitrogen and oxygen atoms in total. The van der Waals surface area contributed by atoms with Crippen molar-refractivity contribution in [1.82, 2.24) is 4.90 Å². The van der Waals surface area contributed by atoms with E-state index in [1.807, 2.05) is 48.2 Å². The number of benzene rings is 2. The van der Waals surface area contributed by atoms with Crippen LogP contribution in [0.4, 0.5) is 0 Å². The molecule has 2 aromatic carbocycles. The number of furan rings is 1. The molecule has 1 amide bonds. The molecule has 3 rings (SSSR count). The number of carbonyl (C=O) groups is 1. The summed E-state index contributed by atoms with van der Waals surface area (Å²) >= 11 is 0. The Morgan fingerprint density at radius 2 is 1.68 bits per heavy atom. The van der Waals surface area contributed by atoms with Gasteiger partial charge < -0.3 is 18.8 Å². The van der Waals surface area contributed by atoms with Crippen LogP contribution in [0.15, 0.2) is 53.2 Å². The maximum Gasteiger partial charge on any atom is 0.246 e. The number of hydrogen-bond acceptors (Lipinski definition) is 4. The first-order valence-electron chi connectivity index (χ1n) is 10.7. The normalized spacial score (nSPS) is 11.6. The van der Waals surface area contributed by atoms with Crippen LogP contribution in [0.5, 0.6) is 11.5 Å². The Labute approximate surface area is 184 Å². The van der Waals surface area contributed by atoms with Crippen molar-refractivity contribution in [3.63, 3.8) is 0 Å². The Kier molecular flexibility index (Phi) is 7.40. The average Bonchev–Trinajstić information content (AvgIpc) is 3.20. The van der Waals surface area contributed by atoms with E-state index in [2.05, 4.69) is 13.8 Å². The van der Waals surface area contributed by atoms with Crippen LogP contribution in [0.1, 0.15) is 39.2 Å². The second-order valence-corrected chi connectivity index (χ2v) is 7.55. The Hall–Kier alpha value is -3.21. The number of ether oxygens (including phenoxy) is 2. The van der Waals surface area contributed by atoms with E-state index in [1.165, 1.54) is 0 Å². The van der Waals surface area contributed by atoms with Crippen molar-refractivity contribution in [1.29, 1.82) is 0 Å². The third-order valence-corrected chi connectivity index (χ3v) is 5.36.